The molecule has 0 unspecified atom stereocenters. The lowest BCUT2D eigenvalue weighted by atomic mass is 9.83. The summed E-state index contributed by atoms with van der Waals surface area (Å²) in [6.45, 7) is 0. The van der Waals surface area contributed by atoms with Gasteiger partial charge in [-0.05, 0) is 43.7 Å². The number of benzene rings is 3. The molecular weight excluding hydrogens is 551 g/mol. The van der Waals surface area contributed by atoms with E-state index in [2.05, 4.69) is 10.6 Å². The van der Waals surface area contributed by atoms with E-state index in [1.54, 1.807) is 30.3 Å². The lowest BCUT2D eigenvalue weighted by Gasteiger charge is -2.32. The SMILES string of the molecule is N[C@H](Cc1ccccc1)C(=O)NC1CCC(Nc2cccc3c2C(=O)c2ccccc2C3=O)CC1.O=C(O)C(F)(F)F. The highest BCUT2D eigenvalue weighted by Crippen LogP contribution is 2.33. The van der Waals surface area contributed by atoms with Crippen molar-refractivity contribution in [3.8, 4) is 0 Å². The molecule has 11 heteroatoms. The van der Waals surface area contributed by atoms with Gasteiger partial charge in [0.25, 0.3) is 0 Å². The summed E-state index contributed by atoms with van der Waals surface area (Å²) < 4.78 is 31.7. The number of nitrogens with one attached hydrogen (secondary N) is 2. The molecule has 0 bridgehead atoms. The van der Waals surface area contributed by atoms with Gasteiger partial charge in [-0.3, -0.25) is 14.4 Å². The Morgan fingerprint density at radius 3 is 1.93 bits per heavy atom. The van der Waals surface area contributed by atoms with Gasteiger partial charge in [-0.25, -0.2) is 4.79 Å². The van der Waals surface area contributed by atoms with E-state index in [4.69, 9.17) is 15.6 Å². The van der Waals surface area contributed by atoms with Crippen LogP contribution >= 0.6 is 0 Å². The highest BCUT2D eigenvalue weighted by Gasteiger charge is 2.38. The maximum Gasteiger partial charge on any atom is 0.490 e. The van der Waals surface area contributed by atoms with Crippen molar-refractivity contribution in [3.05, 3.63) is 101 Å². The number of fused-ring (bicyclic) bond motifs is 2. The average molecular weight is 582 g/mol. The lowest BCUT2D eigenvalue weighted by Crippen LogP contribution is -2.48. The van der Waals surface area contributed by atoms with Crippen molar-refractivity contribution in [2.75, 3.05) is 5.32 Å². The van der Waals surface area contributed by atoms with E-state index in [0.717, 1.165) is 31.2 Å². The van der Waals surface area contributed by atoms with E-state index in [-0.39, 0.29) is 29.6 Å². The van der Waals surface area contributed by atoms with Crippen LogP contribution in [-0.4, -0.2) is 52.9 Å². The Labute approximate surface area is 240 Å². The largest absolute Gasteiger partial charge is 0.490 e. The number of rotatable bonds is 6. The molecule has 0 radical (unpaired) electrons. The molecule has 0 aromatic heterocycles. The topological polar surface area (TPSA) is 139 Å². The normalized spacial score (nSPS) is 18.5. The molecule has 5 rings (SSSR count). The van der Waals surface area contributed by atoms with Crippen molar-refractivity contribution < 1.29 is 37.5 Å². The summed E-state index contributed by atoms with van der Waals surface area (Å²) in [5.74, 6) is -3.11. The molecule has 5 N–H and O–H groups in total. The molecule has 0 aliphatic heterocycles. The average Bonchev–Trinajstić information content (AvgIpc) is 2.97. The number of halogens is 3. The number of carbonyl (C=O) groups is 4. The Bertz CT molecular complexity index is 1470. The fourth-order valence-corrected chi connectivity index (χ4v) is 5.14. The van der Waals surface area contributed by atoms with Gasteiger partial charge in [-0.1, -0.05) is 66.7 Å². The third kappa shape index (κ3) is 7.22. The van der Waals surface area contributed by atoms with Gasteiger partial charge in [-0.15, -0.1) is 0 Å². The van der Waals surface area contributed by atoms with Gasteiger partial charge in [0.2, 0.25) is 5.91 Å². The molecule has 1 atom stereocenters. The molecule has 8 nitrogen and oxygen atoms in total. The van der Waals surface area contributed by atoms with Crippen molar-refractivity contribution in [1.82, 2.24) is 5.32 Å². The van der Waals surface area contributed by atoms with Gasteiger partial charge < -0.3 is 21.5 Å². The Morgan fingerprint density at radius 2 is 1.33 bits per heavy atom. The van der Waals surface area contributed by atoms with E-state index < -0.39 is 18.2 Å². The first-order valence-electron chi connectivity index (χ1n) is 13.4. The molecule has 0 spiro atoms. The molecule has 42 heavy (non-hydrogen) atoms. The number of hydrogen-bond acceptors (Lipinski definition) is 6. The second-order valence-corrected chi connectivity index (χ2v) is 10.2. The Morgan fingerprint density at radius 1 is 0.810 bits per heavy atom. The van der Waals surface area contributed by atoms with Crippen molar-refractivity contribution in [3.63, 3.8) is 0 Å². The van der Waals surface area contributed by atoms with Crippen LogP contribution in [0.2, 0.25) is 0 Å². The molecule has 1 fully saturated rings. The number of ketones is 2. The number of amides is 1. The van der Waals surface area contributed by atoms with Crippen molar-refractivity contribution in [2.24, 2.45) is 5.73 Å². The Hall–Kier alpha value is -4.51. The van der Waals surface area contributed by atoms with Gasteiger partial charge in [0.15, 0.2) is 11.6 Å². The minimum absolute atomic E-state index is 0.0853. The monoisotopic (exact) mass is 581 g/mol. The minimum atomic E-state index is -5.08. The maximum absolute atomic E-state index is 13.2. The zero-order valence-electron chi connectivity index (χ0n) is 22.5. The Balaban J connectivity index is 0.000000517. The summed E-state index contributed by atoms with van der Waals surface area (Å²) in [7, 11) is 0. The lowest BCUT2D eigenvalue weighted by molar-refractivity contribution is -0.192. The molecule has 2 aliphatic rings. The number of aliphatic carboxylic acids is 1. The van der Waals surface area contributed by atoms with Crippen LogP contribution in [-0.2, 0) is 16.0 Å². The quantitative estimate of drug-likeness (QED) is 0.263. The van der Waals surface area contributed by atoms with Gasteiger partial charge in [-0.2, -0.15) is 13.2 Å². The number of carbonyl (C=O) groups excluding carboxylic acids is 3. The van der Waals surface area contributed by atoms with Crippen LogP contribution in [0.5, 0.6) is 0 Å². The van der Waals surface area contributed by atoms with Crippen molar-refractivity contribution >= 4 is 29.1 Å². The Kier molecular flexibility index (Phi) is 9.41. The minimum Gasteiger partial charge on any atom is -0.475 e. The van der Waals surface area contributed by atoms with Crippen LogP contribution in [0.1, 0.15) is 63.1 Å². The van der Waals surface area contributed by atoms with E-state index >= 15 is 0 Å². The number of carboxylic acid groups (broad SMARTS) is 1. The van der Waals surface area contributed by atoms with Crippen LogP contribution in [0.25, 0.3) is 0 Å². The summed E-state index contributed by atoms with van der Waals surface area (Å²) in [4.78, 5) is 47.7. The predicted octanol–water partition coefficient (Wildman–Crippen LogP) is 4.50. The standard InChI is InChI=1S/C29H29N3O3.C2HF3O2/c30-24(17-18-7-2-1-3-8-18)29(35)32-20-15-13-19(14-16-20)31-25-12-6-11-23-26(25)28(34)22-10-5-4-9-21(22)27(23)33;3-2(4,5)1(6)7/h1-12,19-20,24,31H,13-17,30H2,(H,32,35);(H,6,7)/t19?,20?,24-;/m1./s1. The molecule has 2 aliphatic carbocycles. The molecule has 3 aromatic carbocycles. The molecule has 0 saturated heterocycles. The summed E-state index contributed by atoms with van der Waals surface area (Å²) in [5, 5.41) is 13.7. The van der Waals surface area contributed by atoms with E-state index in [1.165, 1.54) is 0 Å². The van der Waals surface area contributed by atoms with Gasteiger partial charge in [0.05, 0.1) is 11.6 Å². The number of anilines is 1. The highest BCUT2D eigenvalue weighted by molar-refractivity contribution is 6.30. The molecule has 0 heterocycles. The smallest absolute Gasteiger partial charge is 0.475 e. The fourth-order valence-electron chi connectivity index (χ4n) is 5.14. The summed E-state index contributed by atoms with van der Waals surface area (Å²) >= 11 is 0. The van der Waals surface area contributed by atoms with Crippen LogP contribution in [0.15, 0.2) is 72.8 Å². The summed E-state index contributed by atoms with van der Waals surface area (Å²) in [6.07, 6.45) is -1.22. The van der Waals surface area contributed by atoms with Gasteiger partial charge >= 0.3 is 12.1 Å². The molecule has 3 aromatic rings. The van der Waals surface area contributed by atoms with Crippen molar-refractivity contribution in [1.29, 1.82) is 0 Å². The molecular formula is C31H30F3N3O5. The fraction of sp³-hybridized carbons (Fsp3) is 0.290. The van der Waals surface area contributed by atoms with Crippen LogP contribution < -0.4 is 16.4 Å². The third-order valence-electron chi connectivity index (χ3n) is 7.26. The number of hydrogen-bond donors (Lipinski definition) is 4. The van der Waals surface area contributed by atoms with E-state index in [0.29, 0.717) is 34.4 Å². The second-order valence-electron chi connectivity index (χ2n) is 10.2. The third-order valence-corrected chi connectivity index (χ3v) is 7.26. The number of alkyl halides is 3. The van der Waals surface area contributed by atoms with Gasteiger partial charge in [0.1, 0.15) is 0 Å². The summed E-state index contributed by atoms with van der Waals surface area (Å²) in [6, 6.07) is 21.9. The first kappa shape index (κ1) is 30.4. The first-order valence-corrected chi connectivity index (χ1v) is 13.4. The molecule has 1 amide bonds. The molecule has 1 saturated carbocycles. The number of nitrogens with two attached hydrogens (primary N) is 1. The number of carboxylic acids is 1. The van der Waals surface area contributed by atoms with Crippen LogP contribution in [0, 0.1) is 0 Å². The molecule has 220 valence electrons. The van der Waals surface area contributed by atoms with Crippen molar-refractivity contribution in [2.45, 2.75) is 56.4 Å². The predicted molar refractivity (Wildman–Crippen MR) is 149 cm³/mol. The summed E-state index contributed by atoms with van der Waals surface area (Å²) in [5.41, 5.74) is 9.71. The van der Waals surface area contributed by atoms with Gasteiger partial charge in [0, 0.05) is 34.5 Å². The van der Waals surface area contributed by atoms with Crippen LogP contribution in [0.4, 0.5) is 18.9 Å². The highest BCUT2D eigenvalue weighted by atomic mass is 19.4. The van der Waals surface area contributed by atoms with Crippen LogP contribution in [0.3, 0.4) is 0 Å². The van der Waals surface area contributed by atoms with E-state index in [9.17, 15) is 27.6 Å². The second kappa shape index (κ2) is 13.0. The maximum atomic E-state index is 13.2. The zero-order valence-corrected chi connectivity index (χ0v) is 22.5. The zero-order chi connectivity index (χ0) is 30.4. The first-order chi connectivity index (χ1) is 20.0. The van der Waals surface area contributed by atoms with E-state index in [1.807, 2.05) is 42.5 Å².